The second-order valence-corrected chi connectivity index (χ2v) is 11.0. The summed E-state index contributed by atoms with van der Waals surface area (Å²) in [6.07, 6.45) is 1.95. The number of carbonyl (C=O) groups excluding carboxylic acids is 1. The third kappa shape index (κ3) is 5.74. The van der Waals surface area contributed by atoms with Crippen molar-refractivity contribution in [2.24, 2.45) is 11.8 Å². The van der Waals surface area contributed by atoms with Gasteiger partial charge in [0, 0.05) is 19.0 Å². The minimum atomic E-state index is -3.54. The summed E-state index contributed by atoms with van der Waals surface area (Å²) in [6.45, 7) is 8.83. The van der Waals surface area contributed by atoms with E-state index >= 15 is 0 Å². The van der Waals surface area contributed by atoms with Gasteiger partial charge in [-0.2, -0.15) is 4.31 Å². The van der Waals surface area contributed by atoms with E-state index in [1.165, 1.54) is 4.31 Å². The fourth-order valence-electron chi connectivity index (χ4n) is 4.31. The molecule has 5 nitrogen and oxygen atoms in total. The zero-order valence-corrected chi connectivity index (χ0v) is 19.8. The largest absolute Gasteiger partial charge is 0.349 e. The van der Waals surface area contributed by atoms with E-state index < -0.39 is 10.0 Å². The van der Waals surface area contributed by atoms with E-state index in [1.54, 1.807) is 6.07 Å². The molecule has 1 N–H and O–H groups in total. The highest BCUT2D eigenvalue weighted by atomic mass is 32.2. The van der Waals surface area contributed by atoms with Crippen LogP contribution in [0.1, 0.15) is 55.8 Å². The number of amides is 1. The van der Waals surface area contributed by atoms with Crippen molar-refractivity contribution in [3.63, 3.8) is 0 Å². The number of nitrogens with zero attached hydrogens (tertiary/aromatic N) is 1. The van der Waals surface area contributed by atoms with Crippen molar-refractivity contribution in [1.29, 1.82) is 0 Å². The first kappa shape index (κ1) is 23.5. The molecule has 0 spiro atoms. The molecule has 2 aromatic carbocycles. The predicted octanol–water partition coefficient (Wildman–Crippen LogP) is 4.61. The number of hydrogen-bond donors (Lipinski definition) is 1. The van der Waals surface area contributed by atoms with E-state index in [2.05, 4.69) is 19.2 Å². The fraction of sp³-hybridized carbons (Fsp3) is 0.480. The van der Waals surface area contributed by atoms with E-state index in [9.17, 15) is 13.2 Å². The summed E-state index contributed by atoms with van der Waals surface area (Å²) < 4.78 is 27.7. The van der Waals surface area contributed by atoms with Crippen molar-refractivity contribution in [2.75, 3.05) is 13.1 Å². The molecule has 1 aliphatic rings. The summed E-state index contributed by atoms with van der Waals surface area (Å²) in [6, 6.07) is 15.4. The van der Waals surface area contributed by atoms with Crippen LogP contribution >= 0.6 is 0 Å². The molecular weight excluding hydrogens is 408 g/mol. The lowest BCUT2D eigenvalue weighted by atomic mass is 9.93. The van der Waals surface area contributed by atoms with Crippen LogP contribution in [-0.2, 0) is 14.8 Å². The van der Waals surface area contributed by atoms with Gasteiger partial charge < -0.3 is 5.32 Å². The summed E-state index contributed by atoms with van der Waals surface area (Å²) >= 11 is 0. The first-order valence-corrected chi connectivity index (χ1v) is 12.5. The van der Waals surface area contributed by atoms with Crippen molar-refractivity contribution < 1.29 is 13.2 Å². The molecule has 0 radical (unpaired) electrons. The van der Waals surface area contributed by atoms with Crippen molar-refractivity contribution in [2.45, 2.75) is 57.9 Å². The molecule has 1 unspecified atom stereocenters. The Balaban J connectivity index is 1.65. The van der Waals surface area contributed by atoms with Gasteiger partial charge >= 0.3 is 0 Å². The van der Waals surface area contributed by atoms with Crippen molar-refractivity contribution in [1.82, 2.24) is 9.62 Å². The predicted molar refractivity (Wildman–Crippen MR) is 124 cm³/mol. The van der Waals surface area contributed by atoms with Crippen molar-refractivity contribution >= 4 is 15.9 Å². The van der Waals surface area contributed by atoms with Crippen LogP contribution in [0.5, 0.6) is 0 Å². The van der Waals surface area contributed by atoms with Gasteiger partial charge in [-0.25, -0.2) is 8.42 Å². The summed E-state index contributed by atoms with van der Waals surface area (Å²) in [5.41, 5.74) is 2.92. The Hall–Kier alpha value is -2.18. The van der Waals surface area contributed by atoms with Crippen LogP contribution in [0.2, 0.25) is 0 Å². The topological polar surface area (TPSA) is 66.5 Å². The minimum Gasteiger partial charge on any atom is -0.349 e. The molecule has 1 amide bonds. The van der Waals surface area contributed by atoms with E-state index in [1.807, 2.05) is 56.3 Å². The SMILES string of the molecule is Cc1ccc(S(=O)(=O)N2CCC(C(=O)NC(CC(C)C)c3ccccc3)CC2)c(C)c1. The van der Waals surface area contributed by atoms with Crippen LogP contribution in [0.15, 0.2) is 53.4 Å². The highest BCUT2D eigenvalue weighted by molar-refractivity contribution is 7.89. The molecule has 1 aliphatic heterocycles. The molecule has 1 saturated heterocycles. The molecular formula is C25H34N2O3S. The van der Waals surface area contributed by atoms with Crippen molar-refractivity contribution in [3.05, 3.63) is 65.2 Å². The first-order valence-electron chi connectivity index (χ1n) is 11.1. The van der Waals surface area contributed by atoms with Gasteiger partial charge in [0.15, 0.2) is 0 Å². The maximum atomic E-state index is 13.1. The molecule has 1 fully saturated rings. The number of piperidine rings is 1. The van der Waals surface area contributed by atoms with E-state index in [0.717, 1.165) is 23.1 Å². The average Bonchev–Trinajstić information content (AvgIpc) is 2.73. The Morgan fingerprint density at radius 2 is 1.71 bits per heavy atom. The number of sulfonamides is 1. The standard InChI is InChI=1S/C25H34N2O3S/c1-18(2)16-23(21-8-6-5-7-9-21)26-25(28)22-12-14-27(15-13-22)31(29,30)24-11-10-19(3)17-20(24)4/h5-11,17-18,22-23H,12-16H2,1-4H3,(H,26,28). The summed E-state index contributed by atoms with van der Waals surface area (Å²) in [5.74, 6) is 0.317. The van der Waals surface area contributed by atoms with E-state index in [4.69, 9.17) is 0 Å². The maximum Gasteiger partial charge on any atom is 0.243 e. The van der Waals surface area contributed by atoms with Crippen LogP contribution in [-0.4, -0.2) is 31.7 Å². The summed E-state index contributed by atoms with van der Waals surface area (Å²) in [5, 5.41) is 3.23. The number of aryl methyl sites for hydroxylation is 2. The molecule has 31 heavy (non-hydrogen) atoms. The highest BCUT2D eigenvalue weighted by Crippen LogP contribution is 2.28. The molecule has 3 rings (SSSR count). The van der Waals surface area contributed by atoms with Gasteiger partial charge in [-0.1, -0.05) is 61.9 Å². The Morgan fingerprint density at radius 3 is 2.29 bits per heavy atom. The molecule has 168 valence electrons. The Kier molecular flexibility index (Phi) is 7.55. The summed E-state index contributed by atoms with van der Waals surface area (Å²) in [4.78, 5) is 13.4. The molecule has 0 bridgehead atoms. The molecule has 0 aliphatic carbocycles. The fourth-order valence-corrected chi connectivity index (χ4v) is 5.99. The number of hydrogen-bond acceptors (Lipinski definition) is 3. The van der Waals surface area contributed by atoms with Gasteiger partial charge in [-0.05, 0) is 56.2 Å². The second-order valence-electron chi connectivity index (χ2n) is 9.05. The van der Waals surface area contributed by atoms with Crippen LogP contribution in [0.4, 0.5) is 0 Å². The van der Waals surface area contributed by atoms with Gasteiger partial charge in [-0.3, -0.25) is 4.79 Å². The Morgan fingerprint density at radius 1 is 1.06 bits per heavy atom. The highest BCUT2D eigenvalue weighted by Gasteiger charge is 2.33. The van der Waals surface area contributed by atoms with E-state index in [-0.39, 0.29) is 17.9 Å². The van der Waals surface area contributed by atoms with Crippen LogP contribution in [0, 0.1) is 25.7 Å². The van der Waals surface area contributed by atoms with Gasteiger partial charge in [0.1, 0.15) is 0 Å². The lowest BCUT2D eigenvalue weighted by molar-refractivity contribution is -0.127. The number of carbonyl (C=O) groups is 1. The zero-order chi connectivity index (χ0) is 22.6. The Labute approximate surface area is 186 Å². The third-order valence-corrected chi connectivity index (χ3v) is 8.06. The molecule has 6 heteroatoms. The van der Waals surface area contributed by atoms with Crippen LogP contribution in [0.3, 0.4) is 0 Å². The average molecular weight is 443 g/mol. The van der Waals surface area contributed by atoms with E-state index in [0.29, 0.717) is 36.7 Å². The van der Waals surface area contributed by atoms with Crippen LogP contribution in [0.25, 0.3) is 0 Å². The number of nitrogens with one attached hydrogen (secondary N) is 1. The van der Waals surface area contributed by atoms with Gasteiger partial charge in [0.05, 0.1) is 10.9 Å². The molecule has 0 aromatic heterocycles. The monoisotopic (exact) mass is 442 g/mol. The molecule has 0 saturated carbocycles. The molecule has 1 atom stereocenters. The van der Waals surface area contributed by atoms with Crippen molar-refractivity contribution in [3.8, 4) is 0 Å². The number of rotatable bonds is 7. The van der Waals surface area contributed by atoms with Gasteiger partial charge in [0.2, 0.25) is 15.9 Å². The Bertz CT molecular complexity index is 995. The van der Waals surface area contributed by atoms with Gasteiger partial charge in [-0.15, -0.1) is 0 Å². The lowest BCUT2D eigenvalue weighted by Gasteiger charge is -2.32. The zero-order valence-electron chi connectivity index (χ0n) is 19.0. The summed E-state index contributed by atoms with van der Waals surface area (Å²) in [7, 11) is -3.54. The maximum absolute atomic E-state index is 13.1. The normalized spacial score (nSPS) is 16.9. The quantitative estimate of drug-likeness (QED) is 0.681. The lowest BCUT2D eigenvalue weighted by Crippen LogP contribution is -2.44. The smallest absolute Gasteiger partial charge is 0.243 e. The second kappa shape index (κ2) is 9.96. The molecule has 2 aromatic rings. The van der Waals surface area contributed by atoms with Gasteiger partial charge in [0.25, 0.3) is 0 Å². The minimum absolute atomic E-state index is 0.0225. The first-order chi connectivity index (χ1) is 14.7. The third-order valence-electron chi connectivity index (χ3n) is 6.00. The van der Waals surface area contributed by atoms with Crippen LogP contribution < -0.4 is 5.32 Å². The number of benzene rings is 2. The molecule has 1 heterocycles.